The third-order valence-electron chi connectivity index (χ3n) is 6.00. The average Bonchev–Trinajstić information content (AvgIpc) is 3.23. The minimum atomic E-state index is -0.295. The molecule has 0 aromatic carbocycles. The van der Waals surface area contributed by atoms with Crippen molar-refractivity contribution in [2.24, 2.45) is 7.05 Å². The molecule has 31 heavy (non-hydrogen) atoms. The van der Waals surface area contributed by atoms with Crippen LogP contribution in [0.5, 0.6) is 0 Å². The van der Waals surface area contributed by atoms with Crippen molar-refractivity contribution in [1.82, 2.24) is 23.8 Å². The van der Waals surface area contributed by atoms with Gasteiger partial charge in [-0.1, -0.05) is 6.07 Å². The van der Waals surface area contributed by atoms with Crippen LogP contribution in [-0.4, -0.2) is 68.4 Å². The zero-order chi connectivity index (χ0) is 21.5. The molecule has 1 fully saturated rings. The van der Waals surface area contributed by atoms with Gasteiger partial charge in [0, 0.05) is 45.6 Å². The van der Waals surface area contributed by atoms with Gasteiger partial charge < -0.3 is 19.1 Å². The summed E-state index contributed by atoms with van der Waals surface area (Å²) in [4.78, 5) is 47.0. The zero-order valence-electron chi connectivity index (χ0n) is 17.3. The lowest BCUT2D eigenvalue weighted by molar-refractivity contribution is 0.0300. The lowest BCUT2D eigenvalue weighted by Crippen LogP contribution is -2.45. The van der Waals surface area contributed by atoms with Gasteiger partial charge in [-0.3, -0.25) is 18.8 Å². The molecule has 0 radical (unpaired) electrons. The fraction of sp³-hybridized carbons (Fsp3) is 0.364. The lowest BCUT2D eigenvalue weighted by atomic mass is 9.95. The highest BCUT2D eigenvalue weighted by molar-refractivity contribution is 5.96. The molecule has 9 nitrogen and oxygen atoms in total. The Labute approximate surface area is 178 Å². The van der Waals surface area contributed by atoms with Gasteiger partial charge in [0.15, 0.2) is 0 Å². The third-order valence-corrected chi connectivity index (χ3v) is 6.00. The number of pyridine rings is 2. The molecule has 5 rings (SSSR count). The molecule has 0 spiro atoms. The molecule has 0 atom stereocenters. The molecule has 160 valence electrons. The highest BCUT2D eigenvalue weighted by atomic mass is 16.5. The number of aryl methyl sites for hydroxylation is 1. The normalized spacial score (nSPS) is 16.4. The molecule has 0 bridgehead atoms. The Balaban J connectivity index is 1.47. The largest absolute Gasteiger partial charge is 0.378 e. The van der Waals surface area contributed by atoms with Crippen LogP contribution < -0.4 is 5.56 Å². The summed E-state index contributed by atoms with van der Waals surface area (Å²) >= 11 is 0. The Bertz CT molecular complexity index is 1240. The summed E-state index contributed by atoms with van der Waals surface area (Å²) in [5, 5.41) is 0. The van der Waals surface area contributed by atoms with E-state index in [9.17, 15) is 14.4 Å². The molecule has 2 aliphatic heterocycles. The fourth-order valence-corrected chi connectivity index (χ4v) is 4.36. The number of nitrogens with zero attached hydrogens (tertiary/aromatic N) is 5. The lowest BCUT2D eigenvalue weighted by Gasteiger charge is -2.32. The van der Waals surface area contributed by atoms with Crippen LogP contribution in [0.25, 0.3) is 5.65 Å². The monoisotopic (exact) mass is 421 g/mol. The van der Waals surface area contributed by atoms with Crippen molar-refractivity contribution >= 4 is 17.5 Å². The molecule has 0 aliphatic carbocycles. The third kappa shape index (κ3) is 3.31. The first kappa shape index (κ1) is 19.5. The van der Waals surface area contributed by atoms with E-state index in [0.717, 1.165) is 11.1 Å². The fourth-order valence-electron chi connectivity index (χ4n) is 4.36. The Morgan fingerprint density at radius 2 is 1.87 bits per heavy atom. The van der Waals surface area contributed by atoms with Crippen LogP contribution in [0.3, 0.4) is 0 Å². The molecular weight excluding hydrogens is 398 g/mol. The van der Waals surface area contributed by atoms with Gasteiger partial charge in [-0.25, -0.2) is 4.98 Å². The van der Waals surface area contributed by atoms with Crippen molar-refractivity contribution in [3.05, 3.63) is 69.5 Å². The summed E-state index contributed by atoms with van der Waals surface area (Å²) in [6, 6.07) is 5.58. The first-order valence-electron chi connectivity index (χ1n) is 10.3. The molecule has 3 aromatic rings. The standard InChI is InChI=1S/C22H23N5O4/c1-24-13-15-14-26(20(28)17-12-23-18-4-2-3-6-27(17)18)7-5-16(15)19(21(24)29)22(30)25-8-10-31-11-9-25/h2-4,6,12-13H,5,7-11,14H2,1H3. The Morgan fingerprint density at radius 3 is 2.68 bits per heavy atom. The van der Waals surface area contributed by atoms with Gasteiger partial charge in [0.2, 0.25) is 0 Å². The van der Waals surface area contributed by atoms with Crippen molar-refractivity contribution in [2.75, 3.05) is 32.8 Å². The topological polar surface area (TPSA) is 89.1 Å². The SMILES string of the molecule is Cn1cc2c(c(C(=O)N3CCOCC3)c1=O)CCN(C(=O)c1cnc3ccccn13)C2. The van der Waals surface area contributed by atoms with E-state index in [1.54, 1.807) is 33.6 Å². The molecule has 2 amide bonds. The minimum absolute atomic E-state index is 0.126. The average molecular weight is 421 g/mol. The Hall–Kier alpha value is -3.46. The highest BCUT2D eigenvalue weighted by Gasteiger charge is 2.31. The number of amides is 2. The quantitative estimate of drug-likeness (QED) is 0.608. The van der Waals surface area contributed by atoms with E-state index < -0.39 is 0 Å². The Kier molecular flexibility index (Phi) is 4.82. The zero-order valence-corrected chi connectivity index (χ0v) is 17.3. The van der Waals surface area contributed by atoms with Crippen molar-refractivity contribution in [1.29, 1.82) is 0 Å². The summed E-state index contributed by atoms with van der Waals surface area (Å²) in [5.74, 6) is -0.374. The molecule has 0 saturated carbocycles. The molecule has 1 saturated heterocycles. The number of hydrogen-bond donors (Lipinski definition) is 0. The van der Waals surface area contributed by atoms with E-state index in [1.807, 2.05) is 24.4 Å². The van der Waals surface area contributed by atoms with Crippen molar-refractivity contribution in [3.8, 4) is 0 Å². The first-order chi connectivity index (χ1) is 15.0. The highest BCUT2D eigenvalue weighted by Crippen LogP contribution is 2.23. The second-order valence-corrected chi connectivity index (χ2v) is 7.88. The molecule has 2 aliphatic rings. The van der Waals surface area contributed by atoms with Gasteiger partial charge in [-0.15, -0.1) is 0 Å². The number of aromatic nitrogens is 3. The summed E-state index contributed by atoms with van der Waals surface area (Å²) in [5.41, 5.74) is 2.71. The van der Waals surface area contributed by atoms with E-state index in [4.69, 9.17) is 4.74 Å². The molecule has 0 N–H and O–H groups in total. The van der Waals surface area contributed by atoms with Gasteiger partial charge in [-0.2, -0.15) is 0 Å². The number of fused-ring (bicyclic) bond motifs is 2. The maximum Gasteiger partial charge on any atom is 0.272 e. The van der Waals surface area contributed by atoms with Crippen LogP contribution in [0.2, 0.25) is 0 Å². The number of hydrogen-bond acceptors (Lipinski definition) is 5. The molecule has 9 heteroatoms. The van der Waals surface area contributed by atoms with Gasteiger partial charge in [0.1, 0.15) is 16.9 Å². The van der Waals surface area contributed by atoms with Gasteiger partial charge in [-0.05, 0) is 29.7 Å². The smallest absolute Gasteiger partial charge is 0.272 e. The molecule has 3 aromatic heterocycles. The minimum Gasteiger partial charge on any atom is -0.378 e. The summed E-state index contributed by atoms with van der Waals surface area (Å²) in [7, 11) is 1.64. The number of rotatable bonds is 2. The Morgan fingerprint density at radius 1 is 1.06 bits per heavy atom. The summed E-state index contributed by atoms with van der Waals surface area (Å²) < 4.78 is 8.54. The van der Waals surface area contributed by atoms with Crippen molar-refractivity contribution in [2.45, 2.75) is 13.0 Å². The van der Waals surface area contributed by atoms with Crippen LogP contribution in [0.4, 0.5) is 0 Å². The maximum absolute atomic E-state index is 13.2. The van der Waals surface area contributed by atoms with Gasteiger partial charge >= 0.3 is 0 Å². The second kappa shape index (κ2) is 7.66. The van der Waals surface area contributed by atoms with Gasteiger partial charge in [0.25, 0.3) is 17.4 Å². The van der Waals surface area contributed by atoms with E-state index in [-0.39, 0.29) is 22.9 Å². The number of carbonyl (C=O) groups is 2. The second-order valence-electron chi connectivity index (χ2n) is 7.88. The summed E-state index contributed by atoms with van der Waals surface area (Å²) in [6.07, 6.45) is 5.60. The number of carbonyl (C=O) groups excluding carboxylic acids is 2. The van der Waals surface area contributed by atoms with Crippen LogP contribution in [0.1, 0.15) is 32.0 Å². The number of morpholine rings is 1. The van der Waals surface area contributed by atoms with E-state index in [0.29, 0.717) is 57.2 Å². The van der Waals surface area contributed by atoms with E-state index in [1.165, 1.54) is 4.57 Å². The predicted octanol–water partition coefficient (Wildman–Crippen LogP) is 0.704. The van der Waals surface area contributed by atoms with Crippen LogP contribution >= 0.6 is 0 Å². The van der Waals surface area contributed by atoms with Crippen molar-refractivity contribution < 1.29 is 14.3 Å². The van der Waals surface area contributed by atoms with Gasteiger partial charge in [0.05, 0.1) is 19.4 Å². The van der Waals surface area contributed by atoms with Crippen LogP contribution in [-0.2, 0) is 24.8 Å². The van der Waals surface area contributed by atoms with Crippen LogP contribution in [0, 0.1) is 0 Å². The molecular formula is C22H23N5O4. The maximum atomic E-state index is 13.2. The first-order valence-corrected chi connectivity index (χ1v) is 10.3. The van der Waals surface area contributed by atoms with E-state index >= 15 is 0 Å². The summed E-state index contributed by atoms with van der Waals surface area (Å²) in [6.45, 7) is 2.68. The molecule has 0 unspecified atom stereocenters. The number of imidazole rings is 1. The van der Waals surface area contributed by atoms with Crippen LogP contribution in [0.15, 0.2) is 41.6 Å². The molecule has 5 heterocycles. The van der Waals surface area contributed by atoms with Crippen molar-refractivity contribution in [3.63, 3.8) is 0 Å². The van der Waals surface area contributed by atoms with E-state index in [2.05, 4.69) is 4.98 Å². The predicted molar refractivity (Wildman–Crippen MR) is 112 cm³/mol. The number of ether oxygens (including phenoxy) is 1.